The molecule has 1 N–H and O–H groups in total. The van der Waals surface area contributed by atoms with Gasteiger partial charge in [-0.2, -0.15) is 13.2 Å². The van der Waals surface area contributed by atoms with E-state index in [0.717, 1.165) is 12.3 Å². The minimum atomic E-state index is -4.41. The molecule has 1 aromatic carbocycles. The number of sulfone groups is 1. The summed E-state index contributed by atoms with van der Waals surface area (Å²) in [5.74, 6) is 0. The van der Waals surface area contributed by atoms with Gasteiger partial charge in [0.25, 0.3) is 0 Å². The van der Waals surface area contributed by atoms with E-state index in [-0.39, 0.29) is 18.7 Å². The summed E-state index contributed by atoms with van der Waals surface area (Å²) in [5.41, 5.74) is -0.603. The van der Waals surface area contributed by atoms with Gasteiger partial charge in [-0.1, -0.05) is 18.2 Å². The minimum Gasteiger partial charge on any atom is -0.311 e. The van der Waals surface area contributed by atoms with Crippen LogP contribution in [0.4, 0.5) is 13.2 Å². The van der Waals surface area contributed by atoms with Gasteiger partial charge in [-0.3, -0.25) is 0 Å². The highest BCUT2D eigenvalue weighted by Crippen LogP contribution is 2.31. The maximum atomic E-state index is 12.8. The van der Waals surface area contributed by atoms with E-state index in [4.69, 9.17) is 0 Å². The van der Waals surface area contributed by atoms with E-state index in [0.29, 0.717) is 0 Å². The largest absolute Gasteiger partial charge is 0.416 e. The van der Waals surface area contributed by atoms with Crippen LogP contribution in [-0.4, -0.2) is 26.0 Å². The predicted octanol–water partition coefficient (Wildman–Crippen LogP) is 2.62. The number of alkyl halides is 3. The number of hydrogen-bond donors (Lipinski definition) is 1. The van der Waals surface area contributed by atoms with Crippen LogP contribution in [0, 0.1) is 0 Å². The molecule has 0 atom stereocenters. The Morgan fingerprint density at radius 1 is 1.15 bits per heavy atom. The summed E-state index contributed by atoms with van der Waals surface area (Å²) in [6.45, 7) is 3.11. The Morgan fingerprint density at radius 2 is 1.70 bits per heavy atom. The molecule has 20 heavy (non-hydrogen) atoms. The van der Waals surface area contributed by atoms with Crippen LogP contribution in [0.5, 0.6) is 0 Å². The topological polar surface area (TPSA) is 46.2 Å². The average molecular weight is 309 g/mol. The van der Waals surface area contributed by atoms with Crippen molar-refractivity contribution in [2.75, 3.05) is 12.8 Å². The monoisotopic (exact) mass is 309 g/mol. The number of hydrogen-bond acceptors (Lipinski definition) is 3. The van der Waals surface area contributed by atoms with Crippen molar-refractivity contribution in [2.45, 2.75) is 31.3 Å². The predicted molar refractivity (Wildman–Crippen MR) is 72.1 cm³/mol. The summed E-state index contributed by atoms with van der Waals surface area (Å²) in [7, 11) is -3.28. The molecular weight excluding hydrogens is 291 g/mol. The molecule has 1 aromatic rings. The second kappa shape index (κ2) is 5.73. The summed E-state index contributed by atoms with van der Waals surface area (Å²) >= 11 is 0. The van der Waals surface area contributed by atoms with Crippen LogP contribution in [0.15, 0.2) is 24.3 Å². The maximum Gasteiger partial charge on any atom is 0.416 e. The SMILES string of the molecule is CC(C)(CNCc1ccccc1C(F)(F)F)S(C)(=O)=O. The van der Waals surface area contributed by atoms with Crippen molar-refractivity contribution in [3.8, 4) is 0 Å². The van der Waals surface area contributed by atoms with Gasteiger partial charge < -0.3 is 5.32 Å². The molecule has 0 bridgehead atoms. The van der Waals surface area contributed by atoms with Crippen molar-refractivity contribution < 1.29 is 21.6 Å². The van der Waals surface area contributed by atoms with E-state index in [1.165, 1.54) is 32.0 Å². The molecule has 0 aliphatic rings. The van der Waals surface area contributed by atoms with Gasteiger partial charge in [-0.05, 0) is 25.5 Å². The summed E-state index contributed by atoms with van der Waals surface area (Å²) in [4.78, 5) is 0. The Labute approximate surface area is 117 Å². The van der Waals surface area contributed by atoms with E-state index in [1.54, 1.807) is 0 Å². The Balaban J connectivity index is 2.78. The van der Waals surface area contributed by atoms with E-state index in [2.05, 4.69) is 5.32 Å². The van der Waals surface area contributed by atoms with Crippen LogP contribution >= 0.6 is 0 Å². The fraction of sp³-hybridized carbons (Fsp3) is 0.538. The van der Waals surface area contributed by atoms with Crippen molar-refractivity contribution >= 4 is 9.84 Å². The number of rotatable bonds is 5. The Morgan fingerprint density at radius 3 is 2.20 bits per heavy atom. The summed E-state index contributed by atoms with van der Waals surface area (Å²) < 4.78 is 60.3. The Bertz CT molecular complexity index is 565. The normalized spacial score (nSPS) is 13.5. The van der Waals surface area contributed by atoms with Gasteiger partial charge in [0, 0.05) is 19.3 Å². The molecule has 114 valence electrons. The highest BCUT2D eigenvalue weighted by atomic mass is 32.2. The van der Waals surface area contributed by atoms with Crippen LogP contribution in [0.2, 0.25) is 0 Å². The van der Waals surface area contributed by atoms with Crippen LogP contribution in [-0.2, 0) is 22.6 Å². The first-order valence-electron chi connectivity index (χ1n) is 6.00. The minimum absolute atomic E-state index is 0.0331. The Kier molecular flexibility index (Phi) is 4.86. The molecule has 0 saturated heterocycles. The molecule has 0 saturated carbocycles. The van der Waals surface area contributed by atoms with Gasteiger partial charge in [0.2, 0.25) is 0 Å². The first-order valence-corrected chi connectivity index (χ1v) is 7.90. The van der Waals surface area contributed by atoms with Gasteiger partial charge >= 0.3 is 6.18 Å². The fourth-order valence-electron chi connectivity index (χ4n) is 1.58. The summed E-state index contributed by atoms with van der Waals surface area (Å²) in [6.07, 6.45) is -3.30. The van der Waals surface area contributed by atoms with Crippen LogP contribution in [0.3, 0.4) is 0 Å². The lowest BCUT2D eigenvalue weighted by molar-refractivity contribution is -0.138. The molecule has 0 aliphatic heterocycles. The van der Waals surface area contributed by atoms with Crippen LogP contribution < -0.4 is 5.32 Å². The Hall–Kier alpha value is -1.08. The molecule has 0 unspecified atom stereocenters. The van der Waals surface area contributed by atoms with Crippen molar-refractivity contribution in [1.29, 1.82) is 0 Å². The molecular formula is C13H18F3NO2S. The highest BCUT2D eigenvalue weighted by Gasteiger charge is 2.33. The molecule has 3 nitrogen and oxygen atoms in total. The molecule has 0 aromatic heterocycles. The number of halogens is 3. The molecule has 0 heterocycles. The quantitative estimate of drug-likeness (QED) is 0.909. The third kappa shape index (κ3) is 4.21. The first-order chi connectivity index (χ1) is 8.95. The zero-order valence-electron chi connectivity index (χ0n) is 11.6. The van der Waals surface area contributed by atoms with E-state index >= 15 is 0 Å². The average Bonchev–Trinajstić information content (AvgIpc) is 2.26. The third-order valence-corrected chi connectivity index (χ3v) is 5.34. The summed E-state index contributed by atoms with van der Waals surface area (Å²) in [6, 6.07) is 5.24. The van der Waals surface area contributed by atoms with E-state index in [9.17, 15) is 21.6 Å². The lowest BCUT2D eigenvalue weighted by Crippen LogP contribution is -2.41. The smallest absolute Gasteiger partial charge is 0.311 e. The zero-order chi connectivity index (χ0) is 15.6. The molecule has 0 fully saturated rings. The summed E-state index contributed by atoms with van der Waals surface area (Å²) in [5, 5.41) is 2.78. The zero-order valence-corrected chi connectivity index (χ0v) is 12.4. The van der Waals surface area contributed by atoms with Gasteiger partial charge in [-0.25, -0.2) is 8.42 Å². The highest BCUT2D eigenvalue weighted by molar-refractivity contribution is 7.92. The lowest BCUT2D eigenvalue weighted by Gasteiger charge is -2.23. The van der Waals surface area contributed by atoms with E-state index < -0.39 is 26.3 Å². The third-order valence-electron chi connectivity index (χ3n) is 3.19. The van der Waals surface area contributed by atoms with Gasteiger partial charge in [0.15, 0.2) is 9.84 Å². The second-order valence-electron chi connectivity index (χ2n) is 5.29. The number of nitrogens with one attached hydrogen (secondary N) is 1. The lowest BCUT2D eigenvalue weighted by atomic mass is 10.1. The van der Waals surface area contributed by atoms with Gasteiger partial charge in [0.1, 0.15) is 0 Å². The van der Waals surface area contributed by atoms with Crippen molar-refractivity contribution in [3.63, 3.8) is 0 Å². The standard InChI is InChI=1S/C13H18F3NO2S/c1-12(2,20(3,18)19)9-17-8-10-6-4-5-7-11(10)13(14,15)16/h4-7,17H,8-9H2,1-3H3. The van der Waals surface area contributed by atoms with Crippen molar-refractivity contribution in [3.05, 3.63) is 35.4 Å². The molecule has 0 spiro atoms. The van der Waals surface area contributed by atoms with Crippen molar-refractivity contribution in [2.24, 2.45) is 0 Å². The fourth-order valence-corrected chi connectivity index (χ4v) is 1.94. The molecule has 0 amide bonds. The van der Waals surface area contributed by atoms with Crippen molar-refractivity contribution in [1.82, 2.24) is 5.32 Å². The molecule has 0 aliphatic carbocycles. The molecule has 0 radical (unpaired) electrons. The van der Waals surface area contributed by atoms with Crippen LogP contribution in [0.25, 0.3) is 0 Å². The van der Waals surface area contributed by atoms with Crippen LogP contribution in [0.1, 0.15) is 25.0 Å². The molecule has 7 heteroatoms. The number of benzene rings is 1. The van der Waals surface area contributed by atoms with Gasteiger partial charge in [-0.15, -0.1) is 0 Å². The van der Waals surface area contributed by atoms with Gasteiger partial charge in [0.05, 0.1) is 10.3 Å². The second-order valence-corrected chi connectivity index (χ2v) is 7.94. The molecule has 1 rings (SSSR count). The van der Waals surface area contributed by atoms with E-state index in [1.807, 2.05) is 0 Å². The first kappa shape index (κ1) is 17.0. The maximum absolute atomic E-state index is 12.8.